The Morgan fingerprint density at radius 3 is 2.47 bits per heavy atom. The SMILES string of the molecule is Cc1c(N)nc(C2CC2)nc1NC(C)CCC(C)C. The molecule has 1 aliphatic carbocycles. The number of nitrogen functional groups attached to an aromatic ring is 1. The number of aromatic nitrogens is 2. The summed E-state index contributed by atoms with van der Waals surface area (Å²) < 4.78 is 0. The minimum Gasteiger partial charge on any atom is -0.383 e. The van der Waals surface area contributed by atoms with Crippen molar-refractivity contribution in [2.75, 3.05) is 11.1 Å². The maximum atomic E-state index is 5.99. The monoisotopic (exact) mass is 262 g/mol. The Hall–Kier alpha value is -1.32. The van der Waals surface area contributed by atoms with Crippen LogP contribution in [0.25, 0.3) is 0 Å². The van der Waals surface area contributed by atoms with Gasteiger partial charge in [0.1, 0.15) is 17.5 Å². The Labute approximate surface area is 116 Å². The number of nitrogens with two attached hydrogens (primary N) is 1. The van der Waals surface area contributed by atoms with E-state index in [-0.39, 0.29) is 0 Å². The number of hydrogen-bond acceptors (Lipinski definition) is 4. The van der Waals surface area contributed by atoms with Gasteiger partial charge in [0.15, 0.2) is 0 Å². The molecule has 4 heteroatoms. The van der Waals surface area contributed by atoms with Crippen LogP contribution in [-0.2, 0) is 0 Å². The Morgan fingerprint density at radius 1 is 1.21 bits per heavy atom. The van der Waals surface area contributed by atoms with Crippen LogP contribution in [0.3, 0.4) is 0 Å². The maximum Gasteiger partial charge on any atom is 0.136 e. The van der Waals surface area contributed by atoms with E-state index in [1.807, 2.05) is 6.92 Å². The molecule has 4 nitrogen and oxygen atoms in total. The molecular formula is C15H26N4. The fraction of sp³-hybridized carbons (Fsp3) is 0.733. The zero-order valence-corrected chi connectivity index (χ0v) is 12.5. The minimum atomic E-state index is 0.419. The van der Waals surface area contributed by atoms with Crippen molar-refractivity contribution in [3.8, 4) is 0 Å². The molecule has 0 spiro atoms. The van der Waals surface area contributed by atoms with E-state index < -0.39 is 0 Å². The predicted molar refractivity (Wildman–Crippen MR) is 80.3 cm³/mol. The van der Waals surface area contributed by atoms with Gasteiger partial charge in [-0.15, -0.1) is 0 Å². The summed E-state index contributed by atoms with van der Waals surface area (Å²) in [6.45, 7) is 8.71. The molecule has 19 heavy (non-hydrogen) atoms. The first-order valence-corrected chi connectivity index (χ1v) is 7.38. The highest BCUT2D eigenvalue weighted by atomic mass is 15.1. The minimum absolute atomic E-state index is 0.419. The van der Waals surface area contributed by atoms with E-state index in [2.05, 4.69) is 36.1 Å². The second-order valence-corrected chi connectivity index (χ2v) is 6.23. The van der Waals surface area contributed by atoms with Gasteiger partial charge in [-0.25, -0.2) is 9.97 Å². The highest BCUT2D eigenvalue weighted by Gasteiger charge is 2.28. The highest BCUT2D eigenvalue weighted by molar-refractivity contribution is 5.55. The maximum absolute atomic E-state index is 5.99. The van der Waals surface area contributed by atoms with E-state index in [4.69, 9.17) is 5.73 Å². The van der Waals surface area contributed by atoms with Crippen molar-refractivity contribution >= 4 is 11.6 Å². The van der Waals surface area contributed by atoms with Crippen molar-refractivity contribution in [1.82, 2.24) is 9.97 Å². The third-order valence-electron chi connectivity index (χ3n) is 3.70. The van der Waals surface area contributed by atoms with Crippen LogP contribution in [0, 0.1) is 12.8 Å². The molecule has 1 aromatic heterocycles. The van der Waals surface area contributed by atoms with Crippen molar-refractivity contribution in [1.29, 1.82) is 0 Å². The Morgan fingerprint density at radius 2 is 1.89 bits per heavy atom. The average Bonchev–Trinajstić information content (AvgIpc) is 3.16. The number of hydrogen-bond donors (Lipinski definition) is 2. The summed E-state index contributed by atoms with van der Waals surface area (Å²) in [6.07, 6.45) is 4.78. The van der Waals surface area contributed by atoms with Gasteiger partial charge in [0.05, 0.1) is 0 Å². The Kier molecular flexibility index (Phi) is 4.27. The zero-order chi connectivity index (χ0) is 14.0. The summed E-state index contributed by atoms with van der Waals surface area (Å²) in [5, 5.41) is 3.50. The summed E-state index contributed by atoms with van der Waals surface area (Å²) in [7, 11) is 0. The van der Waals surface area contributed by atoms with Crippen LogP contribution in [-0.4, -0.2) is 16.0 Å². The number of nitrogens with zero attached hydrogens (tertiary/aromatic N) is 2. The van der Waals surface area contributed by atoms with Gasteiger partial charge >= 0.3 is 0 Å². The third kappa shape index (κ3) is 3.82. The largest absolute Gasteiger partial charge is 0.383 e. The molecule has 1 saturated carbocycles. The number of anilines is 2. The standard InChI is InChI=1S/C15H26N4/c1-9(2)5-6-10(3)17-14-11(4)13(16)18-15(19-14)12-7-8-12/h9-10,12H,5-8H2,1-4H3,(H3,16,17,18,19). The lowest BCUT2D eigenvalue weighted by Gasteiger charge is -2.18. The summed E-state index contributed by atoms with van der Waals surface area (Å²) in [6, 6.07) is 0.419. The molecule has 1 heterocycles. The molecule has 1 aromatic rings. The van der Waals surface area contributed by atoms with Gasteiger partial charge in [-0.2, -0.15) is 0 Å². The van der Waals surface area contributed by atoms with Gasteiger partial charge in [0.2, 0.25) is 0 Å². The van der Waals surface area contributed by atoms with Crippen LogP contribution in [0.15, 0.2) is 0 Å². The summed E-state index contributed by atoms with van der Waals surface area (Å²) in [4.78, 5) is 9.06. The molecule has 1 unspecified atom stereocenters. The van der Waals surface area contributed by atoms with E-state index in [1.165, 1.54) is 19.3 Å². The van der Waals surface area contributed by atoms with Gasteiger partial charge < -0.3 is 11.1 Å². The van der Waals surface area contributed by atoms with Crippen molar-refractivity contribution in [2.45, 2.75) is 65.3 Å². The molecule has 1 fully saturated rings. The molecule has 106 valence electrons. The van der Waals surface area contributed by atoms with Crippen molar-refractivity contribution < 1.29 is 0 Å². The molecule has 0 amide bonds. The highest BCUT2D eigenvalue weighted by Crippen LogP contribution is 2.39. The van der Waals surface area contributed by atoms with E-state index >= 15 is 0 Å². The molecule has 1 aliphatic rings. The Balaban J connectivity index is 2.05. The van der Waals surface area contributed by atoms with E-state index in [0.717, 1.165) is 29.5 Å². The first-order valence-electron chi connectivity index (χ1n) is 7.38. The summed E-state index contributed by atoms with van der Waals surface area (Å²) in [5.41, 5.74) is 6.97. The van der Waals surface area contributed by atoms with Crippen LogP contribution in [0.2, 0.25) is 0 Å². The molecule has 2 rings (SSSR count). The second kappa shape index (κ2) is 5.76. The van der Waals surface area contributed by atoms with Crippen LogP contribution >= 0.6 is 0 Å². The van der Waals surface area contributed by atoms with Crippen LogP contribution in [0.1, 0.15) is 63.8 Å². The number of rotatable bonds is 6. The fourth-order valence-electron chi connectivity index (χ4n) is 2.11. The molecule has 3 N–H and O–H groups in total. The molecule has 0 aliphatic heterocycles. The first kappa shape index (κ1) is 14.1. The summed E-state index contributed by atoms with van der Waals surface area (Å²) in [5.74, 6) is 3.74. The number of nitrogens with one attached hydrogen (secondary N) is 1. The van der Waals surface area contributed by atoms with Gasteiger partial charge in [0, 0.05) is 17.5 Å². The fourth-order valence-corrected chi connectivity index (χ4v) is 2.11. The van der Waals surface area contributed by atoms with Crippen LogP contribution < -0.4 is 11.1 Å². The van der Waals surface area contributed by atoms with E-state index in [1.54, 1.807) is 0 Å². The summed E-state index contributed by atoms with van der Waals surface area (Å²) >= 11 is 0. The second-order valence-electron chi connectivity index (χ2n) is 6.23. The van der Waals surface area contributed by atoms with Crippen LogP contribution in [0.4, 0.5) is 11.6 Å². The topological polar surface area (TPSA) is 63.8 Å². The molecule has 0 radical (unpaired) electrons. The lowest BCUT2D eigenvalue weighted by molar-refractivity contribution is 0.527. The van der Waals surface area contributed by atoms with Gasteiger partial charge in [-0.1, -0.05) is 13.8 Å². The van der Waals surface area contributed by atoms with Crippen molar-refractivity contribution in [3.63, 3.8) is 0 Å². The van der Waals surface area contributed by atoms with Gasteiger partial charge in [-0.05, 0) is 45.4 Å². The van der Waals surface area contributed by atoms with Crippen molar-refractivity contribution in [2.24, 2.45) is 5.92 Å². The molecule has 1 atom stereocenters. The average molecular weight is 262 g/mol. The quantitative estimate of drug-likeness (QED) is 0.823. The smallest absolute Gasteiger partial charge is 0.136 e. The van der Waals surface area contributed by atoms with Gasteiger partial charge in [0.25, 0.3) is 0 Å². The Bertz CT molecular complexity index is 438. The van der Waals surface area contributed by atoms with Crippen LogP contribution in [0.5, 0.6) is 0 Å². The lowest BCUT2D eigenvalue weighted by atomic mass is 10.0. The van der Waals surface area contributed by atoms with E-state index in [9.17, 15) is 0 Å². The molecule has 0 saturated heterocycles. The van der Waals surface area contributed by atoms with E-state index in [0.29, 0.717) is 17.8 Å². The lowest BCUT2D eigenvalue weighted by Crippen LogP contribution is -2.19. The normalized spacial score (nSPS) is 16.7. The van der Waals surface area contributed by atoms with Crippen molar-refractivity contribution in [3.05, 3.63) is 11.4 Å². The zero-order valence-electron chi connectivity index (χ0n) is 12.5. The third-order valence-corrected chi connectivity index (χ3v) is 3.70. The first-order chi connectivity index (χ1) is 8.97. The van der Waals surface area contributed by atoms with Gasteiger partial charge in [-0.3, -0.25) is 0 Å². The molecule has 0 aromatic carbocycles. The molecular weight excluding hydrogens is 236 g/mol. The predicted octanol–water partition coefficient (Wildman–Crippen LogP) is 3.48. The molecule has 0 bridgehead atoms.